The van der Waals surface area contributed by atoms with Gasteiger partial charge in [0.25, 0.3) is 0 Å². The molecule has 2 aliphatic heterocycles. The van der Waals surface area contributed by atoms with Gasteiger partial charge in [-0.05, 0) is 61.1 Å². The summed E-state index contributed by atoms with van der Waals surface area (Å²) in [6.07, 6.45) is 0.302. The van der Waals surface area contributed by atoms with E-state index in [0.717, 1.165) is 0 Å². The van der Waals surface area contributed by atoms with Crippen molar-refractivity contribution in [2.45, 2.75) is 123 Å². The Balaban J connectivity index is 2.02. The topological polar surface area (TPSA) is 282 Å². The quantitative estimate of drug-likeness (QED) is 0.141. The molecule has 0 aliphatic carbocycles. The number of hydrogen-bond acceptors (Lipinski definition) is 10. The number of benzene rings is 1. The van der Waals surface area contributed by atoms with E-state index in [4.69, 9.17) is 0 Å². The number of carboxylic acid groups (broad SMARTS) is 1. The Labute approximate surface area is 343 Å². The zero-order valence-electron chi connectivity index (χ0n) is 34.6. The largest absolute Gasteiger partial charge is 0.508 e. The van der Waals surface area contributed by atoms with Crippen molar-refractivity contribution >= 4 is 53.2 Å². The van der Waals surface area contributed by atoms with Crippen LogP contribution in [0, 0.1) is 17.8 Å². The van der Waals surface area contributed by atoms with Crippen molar-refractivity contribution in [2.24, 2.45) is 17.8 Å². The molecule has 8 amide bonds. The first kappa shape index (κ1) is 47.6. The number of carboxylic acids is 1. The SMILES string of the molecule is CC[C@@H](C)C1NC(=O)[C@H](CCC(=O)O)NC(=O)[C@@H]2CCCN2C(=O)[C@H](CC(C)C)NC(=O)CNC(=O)[C@H](Cc2ccc(O)cc2)NC(=O)[C@H](C(C)C)NC(=O)CNC1=O. The number of aliphatic carboxylic acids is 1. The molecule has 1 aromatic carbocycles. The molecule has 59 heavy (non-hydrogen) atoms. The van der Waals surface area contributed by atoms with Gasteiger partial charge in [-0.1, -0.05) is 60.1 Å². The lowest BCUT2D eigenvalue weighted by atomic mass is 9.97. The summed E-state index contributed by atoms with van der Waals surface area (Å²) < 4.78 is 0. The van der Waals surface area contributed by atoms with Crippen LogP contribution in [0.5, 0.6) is 5.75 Å². The van der Waals surface area contributed by atoms with Gasteiger partial charge in [-0.3, -0.25) is 43.2 Å². The van der Waals surface area contributed by atoms with E-state index in [9.17, 15) is 53.4 Å². The average molecular weight is 829 g/mol. The second-order valence-corrected chi connectivity index (χ2v) is 16.0. The van der Waals surface area contributed by atoms with Gasteiger partial charge in [0.15, 0.2) is 0 Å². The minimum Gasteiger partial charge on any atom is -0.508 e. The van der Waals surface area contributed by atoms with Crippen molar-refractivity contribution in [3.05, 3.63) is 29.8 Å². The minimum absolute atomic E-state index is 0.0218. The van der Waals surface area contributed by atoms with Crippen molar-refractivity contribution in [2.75, 3.05) is 19.6 Å². The molecule has 1 aromatic rings. The van der Waals surface area contributed by atoms with Crippen LogP contribution in [0.4, 0.5) is 0 Å². The number of fused-ring (bicyclic) bond motifs is 1. The van der Waals surface area contributed by atoms with E-state index >= 15 is 0 Å². The second-order valence-electron chi connectivity index (χ2n) is 16.0. The number of carbonyl (C=O) groups excluding carboxylic acids is 8. The highest BCUT2D eigenvalue weighted by Crippen LogP contribution is 2.21. The summed E-state index contributed by atoms with van der Waals surface area (Å²) in [7, 11) is 0. The van der Waals surface area contributed by atoms with Gasteiger partial charge in [-0.25, -0.2) is 0 Å². The molecule has 1 unspecified atom stereocenters. The van der Waals surface area contributed by atoms with Crippen LogP contribution in [0.25, 0.3) is 0 Å². The van der Waals surface area contributed by atoms with Crippen LogP contribution >= 0.6 is 0 Å². The van der Waals surface area contributed by atoms with Crippen LogP contribution < -0.4 is 37.2 Å². The maximum Gasteiger partial charge on any atom is 0.303 e. The van der Waals surface area contributed by atoms with Crippen molar-refractivity contribution in [1.82, 2.24) is 42.1 Å². The predicted octanol–water partition coefficient (Wildman–Crippen LogP) is -0.791. The monoisotopic (exact) mass is 828 g/mol. The number of phenolic OH excluding ortho intramolecular Hbond substituents is 1. The molecular formula is C40H60N8O11. The van der Waals surface area contributed by atoms with Crippen molar-refractivity contribution in [3.63, 3.8) is 0 Å². The molecule has 0 radical (unpaired) electrons. The second kappa shape index (κ2) is 22.4. The van der Waals surface area contributed by atoms with Gasteiger partial charge in [-0.2, -0.15) is 0 Å². The Hall–Kier alpha value is -5.75. The summed E-state index contributed by atoms with van der Waals surface area (Å²) in [5.41, 5.74) is 0.552. The van der Waals surface area contributed by atoms with E-state index in [1.807, 2.05) is 13.8 Å². The smallest absolute Gasteiger partial charge is 0.303 e. The van der Waals surface area contributed by atoms with E-state index in [1.165, 1.54) is 17.0 Å². The molecule has 9 N–H and O–H groups in total. The Bertz CT molecular complexity index is 1700. The van der Waals surface area contributed by atoms with E-state index in [1.54, 1.807) is 39.8 Å². The molecular weight excluding hydrogens is 768 g/mol. The first-order valence-electron chi connectivity index (χ1n) is 20.2. The maximum absolute atomic E-state index is 14.0. The number of nitrogens with one attached hydrogen (secondary N) is 7. The molecule has 19 nitrogen and oxygen atoms in total. The third-order valence-corrected chi connectivity index (χ3v) is 10.4. The Kier molecular flexibility index (Phi) is 18.1. The molecule has 2 heterocycles. The van der Waals surface area contributed by atoms with Gasteiger partial charge in [0, 0.05) is 19.4 Å². The number of hydrogen-bond donors (Lipinski definition) is 9. The van der Waals surface area contributed by atoms with Gasteiger partial charge in [-0.15, -0.1) is 0 Å². The van der Waals surface area contributed by atoms with Crippen molar-refractivity contribution in [3.8, 4) is 5.75 Å². The first-order chi connectivity index (χ1) is 27.8. The molecule has 0 bridgehead atoms. The predicted molar refractivity (Wildman–Crippen MR) is 213 cm³/mol. The summed E-state index contributed by atoms with van der Waals surface area (Å²) >= 11 is 0. The molecule has 2 aliphatic rings. The molecule has 19 heteroatoms. The van der Waals surface area contributed by atoms with Crippen LogP contribution in [0.1, 0.15) is 85.6 Å². The normalized spacial score (nSPS) is 25.4. The van der Waals surface area contributed by atoms with Crippen LogP contribution in [0.2, 0.25) is 0 Å². The fourth-order valence-electron chi connectivity index (χ4n) is 6.87. The summed E-state index contributed by atoms with van der Waals surface area (Å²) in [4.78, 5) is 122. The Morgan fingerprint density at radius 2 is 1.34 bits per heavy atom. The molecule has 0 aromatic heterocycles. The fraction of sp³-hybridized carbons (Fsp3) is 0.625. The van der Waals surface area contributed by atoms with Gasteiger partial charge in [0.2, 0.25) is 47.3 Å². The summed E-state index contributed by atoms with van der Waals surface area (Å²) in [5, 5.41) is 37.3. The van der Waals surface area contributed by atoms with Crippen molar-refractivity contribution in [1.29, 1.82) is 0 Å². The molecule has 0 spiro atoms. The van der Waals surface area contributed by atoms with Gasteiger partial charge in [0.05, 0.1) is 13.1 Å². The van der Waals surface area contributed by atoms with Crippen molar-refractivity contribution < 1.29 is 53.4 Å². The van der Waals surface area contributed by atoms with Crippen LogP contribution in [0.3, 0.4) is 0 Å². The minimum atomic E-state index is -1.41. The van der Waals surface area contributed by atoms with Crippen LogP contribution in [-0.2, 0) is 49.6 Å². The number of amides is 8. The van der Waals surface area contributed by atoms with Crippen LogP contribution in [0.15, 0.2) is 24.3 Å². The lowest BCUT2D eigenvalue weighted by Crippen LogP contribution is -2.60. The van der Waals surface area contributed by atoms with E-state index < -0.39 is 121 Å². The van der Waals surface area contributed by atoms with E-state index in [-0.39, 0.29) is 43.9 Å². The number of carbonyl (C=O) groups is 9. The number of phenols is 1. The van der Waals surface area contributed by atoms with Gasteiger partial charge >= 0.3 is 5.97 Å². The van der Waals surface area contributed by atoms with E-state index in [0.29, 0.717) is 18.4 Å². The third kappa shape index (κ3) is 14.5. The zero-order chi connectivity index (χ0) is 44.0. The molecule has 2 fully saturated rings. The van der Waals surface area contributed by atoms with Crippen LogP contribution in [-0.4, -0.2) is 124 Å². The molecule has 2 saturated heterocycles. The summed E-state index contributed by atoms with van der Waals surface area (Å²) in [5.74, 6) is -8.20. The third-order valence-electron chi connectivity index (χ3n) is 10.4. The number of aromatic hydroxyl groups is 1. The highest BCUT2D eigenvalue weighted by atomic mass is 16.4. The standard InChI is InChI=1S/C40H60N8O11/c1-7-23(6)34-38(57)42-20-31(51)46-33(22(4)5)39(58)45-27(18-24-10-12-25(49)13-11-24)35(54)41-19-30(50)43-28(17-21(2)3)40(59)48-16-8-9-29(48)37(56)44-26(36(55)47-34)14-15-32(52)53/h10-13,21-23,26-29,33-34,49H,7-9,14-20H2,1-6H3,(H,41,54)(H,42,57)(H,43,50)(H,44,56)(H,45,58)(H,46,51)(H,47,55)(H,52,53)/t23-,26+,27+,28+,29+,33+,34?/m1/s1. The highest BCUT2D eigenvalue weighted by molar-refractivity contribution is 5.98. The lowest BCUT2D eigenvalue weighted by Gasteiger charge is -2.31. The maximum atomic E-state index is 14.0. The Morgan fingerprint density at radius 1 is 0.729 bits per heavy atom. The number of nitrogens with zero attached hydrogens (tertiary/aromatic N) is 1. The molecule has 326 valence electrons. The summed E-state index contributed by atoms with van der Waals surface area (Å²) in [6.45, 7) is 9.41. The molecule has 3 rings (SSSR count). The van der Waals surface area contributed by atoms with Gasteiger partial charge < -0.3 is 52.3 Å². The molecule has 7 atom stereocenters. The highest BCUT2D eigenvalue weighted by Gasteiger charge is 2.40. The molecule has 0 saturated carbocycles. The average Bonchev–Trinajstić information content (AvgIpc) is 3.68. The first-order valence-corrected chi connectivity index (χ1v) is 20.2. The lowest BCUT2D eigenvalue weighted by molar-refractivity contribution is -0.143. The fourth-order valence-corrected chi connectivity index (χ4v) is 6.87. The Morgan fingerprint density at radius 3 is 1.93 bits per heavy atom. The zero-order valence-corrected chi connectivity index (χ0v) is 34.6. The number of rotatable bonds is 10. The van der Waals surface area contributed by atoms with Gasteiger partial charge in [0.1, 0.15) is 42.0 Å². The summed E-state index contributed by atoms with van der Waals surface area (Å²) in [6, 6.07) is -1.34. The van der Waals surface area contributed by atoms with E-state index in [2.05, 4.69) is 37.2 Å².